The molecule has 0 bridgehead atoms. The van der Waals surface area contributed by atoms with Crippen LogP contribution in [0, 0.1) is 5.92 Å². The standard InChI is InChI=1S/C18H27N5O2/c1-11(19)9-14(24)13-10-21-17(22-15(13)18(2,3)4)23-7-5-12(6-8-23)16(20)25/h9-10,12H,5-8,19H2,1-4H3,(H2,20,25). The fraction of sp³-hybridized carbons (Fsp3) is 0.556. The van der Waals surface area contributed by atoms with Crippen LogP contribution in [0.15, 0.2) is 18.0 Å². The number of aromatic nitrogens is 2. The molecule has 0 aromatic carbocycles. The number of amides is 1. The molecule has 1 aromatic rings. The third-order valence-corrected chi connectivity index (χ3v) is 4.29. The van der Waals surface area contributed by atoms with E-state index in [2.05, 4.69) is 9.97 Å². The van der Waals surface area contributed by atoms with E-state index in [1.54, 1.807) is 13.1 Å². The number of primary amides is 1. The first-order valence-corrected chi connectivity index (χ1v) is 8.49. The Morgan fingerprint density at radius 2 is 1.84 bits per heavy atom. The maximum atomic E-state index is 12.4. The Morgan fingerprint density at radius 3 is 2.32 bits per heavy atom. The van der Waals surface area contributed by atoms with Gasteiger partial charge in [-0.3, -0.25) is 9.59 Å². The lowest BCUT2D eigenvalue weighted by molar-refractivity contribution is -0.122. The van der Waals surface area contributed by atoms with Crippen LogP contribution in [-0.2, 0) is 10.2 Å². The van der Waals surface area contributed by atoms with Crippen molar-refractivity contribution >= 4 is 17.6 Å². The maximum Gasteiger partial charge on any atom is 0.225 e. The Hall–Kier alpha value is -2.44. The van der Waals surface area contributed by atoms with Gasteiger partial charge in [-0.25, -0.2) is 9.97 Å². The molecule has 2 heterocycles. The highest BCUT2D eigenvalue weighted by Gasteiger charge is 2.28. The van der Waals surface area contributed by atoms with Crippen molar-refractivity contribution in [2.45, 2.75) is 46.0 Å². The first-order chi connectivity index (χ1) is 11.6. The van der Waals surface area contributed by atoms with E-state index in [-0.39, 0.29) is 23.0 Å². The van der Waals surface area contributed by atoms with Gasteiger partial charge in [0.05, 0.1) is 11.3 Å². The third kappa shape index (κ3) is 4.55. The summed E-state index contributed by atoms with van der Waals surface area (Å²) in [6.07, 6.45) is 4.36. The zero-order valence-electron chi connectivity index (χ0n) is 15.4. The molecule has 0 atom stereocenters. The minimum atomic E-state index is -0.315. The number of hydrogen-bond acceptors (Lipinski definition) is 6. The Bertz CT molecular complexity index is 694. The molecule has 1 fully saturated rings. The molecule has 1 aliphatic heterocycles. The lowest BCUT2D eigenvalue weighted by atomic mass is 9.87. The molecule has 7 nitrogen and oxygen atoms in total. The number of piperidine rings is 1. The number of nitrogens with two attached hydrogens (primary N) is 2. The van der Waals surface area contributed by atoms with Gasteiger partial charge in [-0.05, 0) is 19.8 Å². The monoisotopic (exact) mass is 345 g/mol. The minimum Gasteiger partial charge on any atom is -0.402 e. The summed E-state index contributed by atoms with van der Waals surface area (Å²) in [5, 5.41) is 0. The summed E-state index contributed by atoms with van der Waals surface area (Å²) in [6, 6.07) is 0. The summed E-state index contributed by atoms with van der Waals surface area (Å²) < 4.78 is 0. The van der Waals surface area contributed by atoms with E-state index in [9.17, 15) is 9.59 Å². The Balaban J connectivity index is 2.32. The average Bonchev–Trinajstić information content (AvgIpc) is 2.53. The van der Waals surface area contributed by atoms with Crippen LogP contribution in [0.5, 0.6) is 0 Å². The number of allylic oxidation sites excluding steroid dienone is 2. The van der Waals surface area contributed by atoms with E-state index < -0.39 is 0 Å². The number of ketones is 1. The molecule has 0 radical (unpaired) electrons. The number of nitrogens with zero attached hydrogens (tertiary/aromatic N) is 3. The van der Waals surface area contributed by atoms with Crippen molar-refractivity contribution in [3.05, 3.63) is 29.2 Å². The largest absolute Gasteiger partial charge is 0.402 e. The molecular formula is C18H27N5O2. The normalized spacial score (nSPS) is 16.8. The zero-order valence-corrected chi connectivity index (χ0v) is 15.4. The number of carbonyl (C=O) groups is 2. The first kappa shape index (κ1) is 18.9. The lowest BCUT2D eigenvalue weighted by Gasteiger charge is -2.31. The fourth-order valence-electron chi connectivity index (χ4n) is 2.93. The number of anilines is 1. The number of rotatable bonds is 4. The maximum absolute atomic E-state index is 12.4. The highest BCUT2D eigenvalue weighted by Crippen LogP contribution is 2.27. The summed E-state index contributed by atoms with van der Waals surface area (Å²) in [5.41, 5.74) is 12.3. The second-order valence-electron chi connectivity index (χ2n) is 7.60. The lowest BCUT2D eigenvalue weighted by Crippen LogP contribution is -2.39. The van der Waals surface area contributed by atoms with Gasteiger partial charge in [-0.2, -0.15) is 0 Å². The second-order valence-corrected chi connectivity index (χ2v) is 7.60. The molecule has 0 aliphatic carbocycles. The van der Waals surface area contributed by atoms with Gasteiger partial charge >= 0.3 is 0 Å². The molecule has 4 N–H and O–H groups in total. The number of carbonyl (C=O) groups excluding carboxylic acids is 2. The van der Waals surface area contributed by atoms with Gasteiger partial charge in [0, 0.05) is 42.4 Å². The summed E-state index contributed by atoms with van der Waals surface area (Å²) >= 11 is 0. The molecule has 1 aliphatic rings. The van der Waals surface area contributed by atoms with E-state index in [0.717, 1.165) is 0 Å². The molecular weight excluding hydrogens is 318 g/mol. The van der Waals surface area contributed by atoms with E-state index in [4.69, 9.17) is 11.5 Å². The fourth-order valence-corrected chi connectivity index (χ4v) is 2.93. The Kier molecular flexibility index (Phi) is 5.45. The predicted octanol–water partition coefficient (Wildman–Crippen LogP) is 1.52. The molecule has 1 amide bonds. The van der Waals surface area contributed by atoms with Crippen molar-refractivity contribution in [1.82, 2.24) is 9.97 Å². The topological polar surface area (TPSA) is 115 Å². The SMILES string of the molecule is CC(N)=CC(=O)c1cnc(N2CCC(C(N)=O)CC2)nc1C(C)(C)C. The van der Waals surface area contributed by atoms with Gasteiger partial charge in [-0.1, -0.05) is 20.8 Å². The van der Waals surface area contributed by atoms with Crippen LogP contribution in [0.4, 0.5) is 5.95 Å². The summed E-state index contributed by atoms with van der Waals surface area (Å²) in [7, 11) is 0. The molecule has 1 aromatic heterocycles. The molecule has 0 spiro atoms. The summed E-state index contributed by atoms with van der Waals surface area (Å²) in [6.45, 7) is 9.04. The van der Waals surface area contributed by atoms with Gasteiger partial charge in [-0.15, -0.1) is 0 Å². The minimum absolute atomic E-state index is 0.0862. The van der Waals surface area contributed by atoms with Gasteiger partial charge in [0.15, 0.2) is 5.78 Å². The van der Waals surface area contributed by atoms with Crippen LogP contribution in [0.25, 0.3) is 0 Å². The van der Waals surface area contributed by atoms with Gasteiger partial charge < -0.3 is 16.4 Å². The first-order valence-electron chi connectivity index (χ1n) is 8.49. The quantitative estimate of drug-likeness (QED) is 0.631. The summed E-state index contributed by atoms with van der Waals surface area (Å²) in [4.78, 5) is 34.8. The molecule has 2 rings (SSSR count). The molecule has 0 saturated carbocycles. The van der Waals surface area contributed by atoms with Crippen molar-refractivity contribution in [1.29, 1.82) is 0 Å². The Labute approximate surface area is 148 Å². The van der Waals surface area contributed by atoms with Crippen LogP contribution < -0.4 is 16.4 Å². The molecule has 136 valence electrons. The predicted molar refractivity (Wildman–Crippen MR) is 97.1 cm³/mol. The molecule has 1 saturated heterocycles. The van der Waals surface area contributed by atoms with Crippen molar-refractivity contribution in [3.8, 4) is 0 Å². The van der Waals surface area contributed by atoms with Crippen LogP contribution in [-0.4, -0.2) is 34.7 Å². The summed E-state index contributed by atoms with van der Waals surface area (Å²) in [5.74, 6) is 0.0550. The van der Waals surface area contributed by atoms with Gasteiger partial charge in [0.25, 0.3) is 0 Å². The highest BCUT2D eigenvalue weighted by molar-refractivity contribution is 6.05. The van der Waals surface area contributed by atoms with Gasteiger partial charge in [0.1, 0.15) is 0 Å². The van der Waals surface area contributed by atoms with E-state index in [0.29, 0.717) is 48.8 Å². The highest BCUT2D eigenvalue weighted by atomic mass is 16.1. The average molecular weight is 345 g/mol. The van der Waals surface area contributed by atoms with Crippen LogP contribution in [0.1, 0.15) is 56.6 Å². The second kappa shape index (κ2) is 7.21. The third-order valence-electron chi connectivity index (χ3n) is 4.29. The van der Waals surface area contributed by atoms with Crippen molar-refractivity contribution in [2.24, 2.45) is 17.4 Å². The van der Waals surface area contributed by atoms with E-state index >= 15 is 0 Å². The molecule has 7 heteroatoms. The Morgan fingerprint density at radius 1 is 1.24 bits per heavy atom. The van der Waals surface area contributed by atoms with Crippen molar-refractivity contribution < 1.29 is 9.59 Å². The zero-order chi connectivity index (χ0) is 18.8. The van der Waals surface area contributed by atoms with E-state index in [1.807, 2.05) is 25.7 Å². The molecule has 0 unspecified atom stereocenters. The van der Waals surface area contributed by atoms with E-state index in [1.165, 1.54) is 6.08 Å². The van der Waals surface area contributed by atoms with Gasteiger partial charge in [0.2, 0.25) is 11.9 Å². The van der Waals surface area contributed by atoms with Crippen molar-refractivity contribution in [3.63, 3.8) is 0 Å². The van der Waals surface area contributed by atoms with Crippen molar-refractivity contribution in [2.75, 3.05) is 18.0 Å². The van der Waals surface area contributed by atoms with Crippen LogP contribution in [0.3, 0.4) is 0 Å². The van der Waals surface area contributed by atoms with Crippen LogP contribution in [0.2, 0.25) is 0 Å². The number of hydrogen-bond donors (Lipinski definition) is 2. The smallest absolute Gasteiger partial charge is 0.225 e. The van der Waals surface area contributed by atoms with Crippen LogP contribution >= 0.6 is 0 Å². The molecule has 25 heavy (non-hydrogen) atoms.